The molecule has 0 amide bonds. The van der Waals surface area contributed by atoms with Crippen molar-refractivity contribution in [2.75, 3.05) is 5.32 Å². The van der Waals surface area contributed by atoms with E-state index in [4.69, 9.17) is 4.42 Å². The molecule has 0 aliphatic heterocycles. The Labute approximate surface area is 153 Å². The van der Waals surface area contributed by atoms with Gasteiger partial charge in [-0.3, -0.25) is 4.79 Å². The minimum atomic E-state index is -0.131. The molecule has 6 heteroatoms. The van der Waals surface area contributed by atoms with Crippen LogP contribution in [0.2, 0.25) is 0 Å². The molecule has 0 fully saturated rings. The number of nitrogens with zero attached hydrogens (tertiary/aromatic N) is 1. The molecule has 4 aromatic rings. The molecule has 5 nitrogen and oxygen atoms in total. The van der Waals surface area contributed by atoms with Crippen LogP contribution < -0.4 is 10.9 Å². The summed E-state index contributed by atoms with van der Waals surface area (Å²) in [5.74, 6) is 1.32. The number of aryl methyl sites for hydroxylation is 2. The minimum absolute atomic E-state index is 0.131. The van der Waals surface area contributed by atoms with Crippen LogP contribution in [0.25, 0.3) is 21.5 Å². The number of fused-ring (bicyclic) bond motifs is 2. The maximum absolute atomic E-state index is 12.6. The lowest BCUT2D eigenvalue weighted by molar-refractivity contribution is 0.583. The molecule has 130 valence electrons. The van der Waals surface area contributed by atoms with Gasteiger partial charge in [0, 0.05) is 16.6 Å². The number of benzene rings is 1. The smallest absolute Gasteiger partial charge is 0.260 e. The lowest BCUT2D eigenvalue weighted by Gasteiger charge is -2.08. The van der Waals surface area contributed by atoms with Crippen molar-refractivity contribution in [1.29, 1.82) is 0 Å². The average molecular weight is 363 g/mol. The average Bonchev–Trinajstić information content (AvgIpc) is 3.38. The Morgan fingerprint density at radius 3 is 3.04 bits per heavy atom. The molecule has 0 radical (unpaired) electrons. The molecule has 0 bridgehead atoms. The molecule has 0 atom stereocenters. The van der Waals surface area contributed by atoms with Crippen LogP contribution in [0.1, 0.15) is 23.4 Å². The predicted octanol–water partition coefficient (Wildman–Crippen LogP) is 4.35. The first-order valence-corrected chi connectivity index (χ1v) is 9.56. The highest BCUT2D eigenvalue weighted by Gasteiger charge is 2.15. The summed E-state index contributed by atoms with van der Waals surface area (Å²) in [6, 6.07) is 10.2. The van der Waals surface area contributed by atoms with Gasteiger partial charge >= 0.3 is 0 Å². The monoisotopic (exact) mass is 363 g/mol. The number of nitrogens with one attached hydrogen (secondary N) is 2. The molecule has 0 spiro atoms. The summed E-state index contributed by atoms with van der Waals surface area (Å²) in [4.78, 5) is 20.8. The van der Waals surface area contributed by atoms with E-state index in [1.54, 1.807) is 6.26 Å². The van der Waals surface area contributed by atoms with E-state index in [1.165, 1.54) is 35.3 Å². The van der Waals surface area contributed by atoms with Gasteiger partial charge in [0.05, 0.1) is 18.2 Å². The van der Waals surface area contributed by atoms with E-state index < -0.39 is 0 Å². The SMILES string of the molecule is O=c1[nH]c(CNc2ccc3c(c2)CCC3)nc2scc(-c3ccco3)c12. The zero-order valence-corrected chi connectivity index (χ0v) is 14.9. The molecular formula is C20H17N3O2S. The van der Waals surface area contributed by atoms with Gasteiger partial charge in [0.1, 0.15) is 16.4 Å². The van der Waals surface area contributed by atoms with Gasteiger partial charge < -0.3 is 14.7 Å². The number of aromatic nitrogens is 2. The number of H-pyrrole nitrogens is 1. The topological polar surface area (TPSA) is 70.9 Å². The molecule has 1 aromatic carbocycles. The second kappa shape index (κ2) is 6.14. The Balaban J connectivity index is 1.42. The van der Waals surface area contributed by atoms with Crippen LogP contribution in [0.3, 0.4) is 0 Å². The Hall–Kier alpha value is -2.86. The molecule has 2 N–H and O–H groups in total. The molecule has 26 heavy (non-hydrogen) atoms. The highest BCUT2D eigenvalue weighted by atomic mass is 32.1. The van der Waals surface area contributed by atoms with Gasteiger partial charge in [-0.05, 0) is 54.7 Å². The number of anilines is 1. The molecule has 1 aliphatic carbocycles. The first-order valence-electron chi connectivity index (χ1n) is 8.68. The highest BCUT2D eigenvalue weighted by Crippen LogP contribution is 2.31. The van der Waals surface area contributed by atoms with Gasteiger partial charge in [-0.25, -0.2) is 4.98 Å². The Morgan fingerprint density at radius 2 is 2.15 bits per heavy atom. The van der Waals surface area contributed by atoms with E-state index in [0.29, 0.717) is 23.5 Å². The van der Waals surface area contributed by atoms with Crippen molar-refractivity contribution >= 4 is 27.2 Å². The van der Waals surface area contributed by atoms with Gasteiger partial charge in [0.15, 0.2) is 0 Å². The summed E-state index contributed by atoms with van der Waals surface area (Å²) < 4.78 is 5.43. The molecule has 3 heterocycles. The summed E-state index contributed by atoms with van der Waals surface area (Å²) in [5.41, 5.74) is 4.60. The van der Waals surface area contributed by atoms with Crippen molar-refractivity contribution in [3.8, 4) is 11.3 Å². The molecule has 0 saturated carbocycles. The van der Waals surface area contributed by atoms with Crippen LogP contribution in [-0.2, 0) is 19.4 Å². The summed E-state index contributed by atoms with van der Waals surface area (Å²) in [6.07, 6.45) is 5.17. The van der Waals surface area contributed by atoms with Crippen LogP contribution in [0, 0.1) is 0 Å². The molecule has 3 aromatic heterocycles. The van der Waals surface area contributed by atoms with Crippen LogP contribution in [-0.4, -0.2) is 9.97 Å². The number of furan rings is 1. The molecule has 5 rings (SSSR count). The van der Waals surface area contributed by atoms with Crippen LogP contribution >= 0.6 is 11.3 Å². The van der Waals surface area contributed by atoms with E-state index in [1.807, 2.05) is 17.5 Å². The summed E-state index contributed by atoms with van der Waals surface area (Å²) in [6.45, 7) is 0.484. The quantitative estimate of drug-likeness (QED) is 0.566. The minimum Gasteiger partial charge on any atom is -0.464 e. The molecular weight excluding hydrogens is 346 g/mol. The maximum atomic E-state index is 12.6. The predicted molar refractivity (Wildman–Crippen MR) is 104 cm³/mol. The van der Waals surface area contributed by atoms with Gasteiger partial charge in [-0.2, -0.15) is 0 Å². The number of hydrogen-bond acceptors (Lipinski definition) is 5. The first kappa shape index (κ1) is 15.4. The van der Waals surface area contributed by atoms with E-state index >= 15 is 0 Å². The molecule has 0 unspecified atom stereocenters. The third kappa shape index (κ3) is 2.63. The van der Waals surface area contributed by atoms with Crippen molar-refractivity contribution in [1.82, 2.24) is 9.97 Å². The zero-order chi connectivity index (χ0) is 17.5. The van der Waals surface area contributed by atoms with Crippen molar-refractivity contribution < 1.29 is 4.42 Å². The standard InChI is InChI=1S/C20H17N3O2S/c24-19-18-15(16-5-2-8-25-16)11-26-20(18)23-17(22-19)10-21-14-7-6-12-3-1-4-13(12)9-14/h2,5-9,11,21H,1,3-4,10H2,(H,22,23,24). The third-order valence-corrected chi connectivity index (χ3v) is 5.71. The van der Waals surface area contributed by atoms with E-state index in [-0.39, 0.29) is 5.56 Å². The third-order valence-electron chi connectivity index (χ3n) is 4.84. The largest absolute Gasteiger partial charge is 0.464 e. The van der Waals surface area contributed by atoms with Gasteiger partial charge in [-0.1, -0.05) is 6.07 Å². The maximum Gasteiger partial charge on any atom is 0.260 e. The fraction of sp³-hybridized carbons (Fsp3) is 0.200. The molecule has 0 saturated heterocycles. The Kier molecular flexibility index (Phi) is 3.64. The van der Waals surface area contributed by atoms with Crippen molar-refractivity contribution in [3.05, 3.63) is 69.3 Å². The number of hydrogen-bond donors (Lipinski definition) is 2. The van der Waals surface area contributed by atoms with Gasteiger partial charge in [-0.15, -0.1) is 11.3 Å². The summed E-state index contributed by atoms with van der Waals surface area (Å²) in [7, 11) is 0. The van der Waals surface area contributed by atoms with Gasteiger partial charge in [0.25, 0.3) is 5.56 Å². The summed E-state index contributed by atoms with van der Waals surface area (Å²) >= 11 is 1.46. The second-order valence-corrected chi connectivity index (χ2v) is 7.37. The molecule has 1 aliphatic rings. The van der Waals surface area contributed by atoms with Crippen molar-refractivity contribution in [3.63, 3.8) is 0 Å². The normalized spacial score (nSPS) is 13.2. The highest BCUT2D eigenvalue weighted by molar-refractivity contribution is 7.17. The number of thiophene rings is 1. The van der Waals surface area contributed by atoms with E-state index in [9.17, 15) is 4.79 Å². The second-order valence-electron chi connectivity index (χ2n) is 6.51. The fourth-order valence-electron chi connectivity index (χ4n) is 3.56. The first-order chi connectivity index (χ1) is 12.8. The van der Waals surface area contributed by atoms with Gasteiger partial charge in [0.2, 0.25) is 0 Å². The van der Waals surface area contributed by atoms with Crippen LogP contribution in [0.15, 0.2) is 51.2 Å². The lowest BCUT2D eigenvalue weighted by atomic mass is 10.1. The van der Waals surface area contributed by atoms with Crippen LogP contribution in [0.4, 0.5) is 5.69 Å². The van der Waals surface area contributed by atoms with Crippen LogP contribution in [0.5, 0.6) is 0 Å². The van der Waals surface area contributed by atoms with Crippen molar-refractivity contribution in [2.24, 2.45) is 0 Å². The summed E-state index contributed by atoms with van der Waals surface area (Å²) in [5, 5.41) is 5.88. The number of rotatable bonds is 4. The zero-order valence-electron chi connectivity index (χ0n) is 14.0. The number of aromatic amines is 1. The Bertz CT molecular complexity index is 1140. The van der Waals surface area contributed by atoms with E-state index in [2.05, 4.69) is 33.5 Å². The van der Waals surface area contributed by atoms with Crippen molar-refractivity contribution in [2.45, 2.75) is 25.8 Å². The Morgan fingerprint density at radius 1 is 1.23 bits per heavy atom. The fourth-order valence-corrected chi connectivity index (χ4v) is 4.50. The lowest BCUT2D eigenvalue weighted by Crippen LogP contribution is -2.14. The van der Waals surface area contributed by atoms with E-state index in [0.717, 1.165) is 22.5 Å².